The summed E-state index contributed by atoms with van der Waals surface area (Å²) in [6, 6.07) is 5.78. The summed E-state index contributed by atoms with van der Waals surface area (Å²) in [5.74, 6) is 0.616. The Hall–Kier alpha value is -2.24. The number of piperidine rings is 1. The highest BCUT2D eigenvalue weighted by Crippen LogP contribution is 2.32. The molecule has 23 heavy (non-hydrogen) atoms. The normalized spacial score (nSPS) is 18.4. The average molecular weight is 317 g/mol. The number of amides is 1. The van der Waals surface area contributed by atoms with Crippen molar-refractivity contribution in [2.45, 2.75) is 39.2 Å². The van der Waals surface area contributed by atoms with Gasteiger partial charge in [-0.25, -0.2) is 4.39 Å². The maximum Gasteiger partial charge on any atom is 0.249 e. The van der Waals surface area contributed by atoms with E-state index in [0.717, 1.165) is 25.8 Å². The highest BCUT2D eigenvalue weighted by Gasteiger charge is 2.33. The van der Waals surface area contributed by atoms with E-state index in [1.165, 1.54) is 12.1 Å². The molecule has 0 radical (unpaired) electrons. The summed E-state index contributed by atoms with van der Waals surface area (Å²) in [6.45, 7) is 4.51. The first-order valence-electron chi connectivity index (χ1n) is 7.96. The van der Waals surface area contributed by atoms with Crippen molar-refractivity contribution < 1.29 is 13.7 Å². The van der Waals surface area contributed by atoms with Gasteiger partial charge < -0.3 is 9.42 Å². The second-order valence-electron chi connectivity index (χ2n) is 6.16. The van der Waals surface area contributed by atoms with Crippen molar-refractivity contribution >= 4 is 5.91 Å². The van der Waals surface area contributed by atoms with E-state index in [-0.39, 0.29) is 23.7 Å². The number of aromatic nitrogens is 2. The van der Waals surface area contributed by atoms with Crippen molar-refractivity contribution in [3.63, 3.8) is 0 Å². The molecule has 0 bridgehead atoms. The minimum atomic E-state index is -0.307. The van der Waals surface area contributed by atoms with E-state index in [1.807, 2.05) is 18.7 Å². The predicted molar refractivity (Wildman–Crippen MR) is 82.8 cm³/mol. The molecule has 0 spiro atoms. The van der Waals surface area contributed by atoms with Gasteiger partial charge in [0.05, 0.1) is 0 Å². The summed E-state index contributed by atoms with van der Waals surface area (Å²) in [5, 5.41) is 3.98. The quantitative estimate of drug-likeness (QED) is 0.868. The largest absolute Gasteiger partial charge is 0.337 e. The van der Waals surface area contributed by atoms with Crippen LogP contribution in [0.2, 0.25) is 0 Å². The molecule has 5 nitrogen and oxygen atoms in total. The van der Waals surface area contributed by atoms with Gasteiger partial charge in [-0.05, 0) is 43.5 Å². The Labute approximate surface area is 134 Å². The van der Waals surface area contributed by atoms with Crippen LogP contribution in [0.4, 0.5) is 4.39 Å². The van der Waals surface area contributed by atoms with Crippen LogP contribution < -0.4 is 0 Å². The molecule has 1 saturated heterocycles. The molecule has 122 valence electrons. The van der Waals surface area contributed by atoms with Crippen molar-refractivity contribution in [2.75, 3.05) is 6.54 Å². The van der Waals surface area contributed by atoms with Gasteiger partial charge in [0.1, 0.15) is 11.9 Å². The lowest BCUT2D eigenvalue weighted by Crippen LogP contribution is -2.40. The van der Waals surface area contributed by atoms with Gasteiger partial charge in [0.2, 0.25) is 17.6 Å². The summed E-state index contributed by atoms with van der Waals surface area (Å²) in [7, 11) is 0. The molecular weight excluding hydrogens is 297 g/mol. The number of nitrogens with zero attached hydrogens (tertiary/aromatic N) is 3. The van der Waals surface area contributed by atoms with Crippen molar-refractivity contribution in [1.29, 1.82) is 0 Å². The molecule has 0 saturated carbocycles. The van der Waals surface area contributed by atoms with Gasteiger partial charge in [0.25, 0.3) is 0 Å². The Bertz CT molecular complexity index is 681. The number of benzene rings is 1. The average Bonchev–Trinajstić information content (AvgIpc) is 3.04. The van der Waals surface area contributed by atoms with Crippen LogP contribution in [0.15, 0.2) is 28.8 Å². The standard InChI is InChI=1S/C17H20FN3O2/c1-11(2)17(22)21-10-4-3-5-14(21)16-19-15(20-23-16)12-6-8-13(18)9-7-12/h6-9,11,14H,3-5,10H2,1-2H3/t14-/m0/s1. The Morgan fingerprint density at radius 3 is 2.74 bits per heavy atom. The van der Waals surface area contributed by atoms with Crippen LogP contribution in [0.1, 0.15) is 45.0 Å². The summed E-state index contributed by atoms with van der Waals surface area (Å²) in [6.07, 6.45) is 2.85. The third-order valence-electron chi connectivity index (χ3n) is 4.11. The molecule has 2 aromatic rings. The Balaban J connectivity index is 1.85. The summed E-state index contributed by atoms with van der Waals surface area (Å²) < 4.78 is 18.4. The maximum atomic E-state index is 13.0. The first-order valence-corrected chi connectivity index (χ1v) is 7.96. The Morgan fingerprint density at radius 2 is 2.04 bits per heavy atom. The number of rotatable bonds is 3. The molecule has 1 atom stereocenters. The van der Waals surface area contributed by atoms with Crippen LogP contribution in [0, 0.1) is 11.7 Å². The molecule has 1 aromatic carbocycles. The first-order chi connectivity index (χ1) is 11.1. The van der Waals surface area contributed by atoms with Crippen LogP contribution in [0.25, 0.3) is 11.4 Å². The molecule has 2 heterocycles. The monoisotopic (exact) mass is 317 g/mol. The molecule has 1 aliphatic rings. The molecule has 0 unspecified atom stereocenters. The second-order valence-corrected chi connectivity index (χ2v) is 6.16. The third-order valence-corrected chi connectivity index (χ3v) is 4.11. The lowest BCUT2D eigenvalue weighted by Gasteiger charge is -2.34. The number of carbonyl (C=O) groups is 1. The molecular formula is C17H20FN3O2. The molecule has 3 rings (SSSR count). The molecule has 0 aliphatic carbocycles. The summed E-state index contributed by atoms with van der Waals surface area (Å²) >= 11 is 0. The van der Waals surface area contributed by atoms with Crippen LogP contribution in [-0.4, -0.2) is 27.5 Å². The predicted octanol–water partition coefficient (Wildman–Crippen LogP) is 3.59. The fraction of sp³-hybridized carbons (Fsp3) is 0.471. The van der Waals surface area contributed by atoms with Gasteiger partial charge in [-0.15, -0.1) is 0 Å². The van der Waals surface area contributed by atoms with E-state index in [4.69, 9.17) is 4.52 Å². The highest BCUT2D eigenvalue weighted by molar-refractivity contribution is 5.78. The zero-order valence-corrected chi connectivity index (χ0v) is 13.3. The van der Waals surface area contributed by atoms with E-state index in [2.05, 4.69) is 10.1 Å². The SMILES string of the molecule is CC(C)C(=O)N1CCCC[C@H]1c1nc(-c2ccc(F)cc2)no1. The van der Waals surface area contributed by atoms with Crippen LogP contribution >= 0.6 is 0 Å². The Morgan fingerprint density at radius 1 is 1.30 bits per heavy atom. The van der Waals surface area contributed by atoms with Gasteiger partial charge in [0.15, 0.2) is 0 Å². The van der Waals surface area contributed by atoms with E-state index in [9.17, 15) is 9.18 Å². The van der Waals surface area contributed by atoms with E-state index >= 15 is 0 Å². The van der Waals surface area contributed by atoms with Gasteiger partial charge in [-0.3, -0.25) is 4.79 Å². The smallest absolute Gasteiger partial charge is 0.249 e. The lowest BCUT2D eigenvalue weighted by molar-refractivity contribution is -0.139. The fourth-order valence-corrected chi connectivity index (χ4v) is 2.87. The highest BCUT2D eigenvalue weighted by atomic mass is 19.1. The molecule has 1 aliphatic heterocycles. The number of hydrogen-bond acceptors (Lipinski definition) is 4. The zero-order chi connectivity index (χ0) is 16.4. The summed E-state index contributed by atoms with van der Waals surface area (Å²) in [5.41, 5.74) is 0.693. The lowest BCUT2D eigenvalue weighted by atomic mass is 10.00. The van der Waals surface area contributed by atoms with Crippen LogP contribution in [0.3, 0.4) is 0 Å². The summed E-state index contributed by atoms with van der Waals surface area (Å²) in [4.78, 5) is 18.7. The maximum absolute atomic E-state index is 13.0. The van der Waals surface area contributed by atoms with Gasteiger partial charge >= 0.3 is 0 Å². The molecule has 1 amide bonds. The number of halogens is 1. The van der Waals surface area contributed by atoms with Crippen molar-refractivity contribution in [1.82, 2.24) is 15.0 Å². The molecule has 0 N–H and O–H groups in total. The van der Waals surface area contributed by atoms with Crippen molar-refractivity contribution in [3.8, 4) is 11.4 Å². The first kappa shape index (κ1) is 15.6. The fourth-order valence-electron chi connectivity index (χ4n) is 2.87. The van der Waals surface area contributed by atoms with Crippen LogP contribution in [-0.2, 0) is 4.79 Å². The van der Waals surface area contributed by atoms with Crippen molar-refractivity contribution in [2.24, 2.45) is 5.92 Å². The number of carbonyl (C=O) groups excluding carboxylic acids is 1. The molecule has 1 aromatic heterocycles. The zero-order valence-electron chi connectivity index (χ0n) is 13.3. The Kier molecular flexibility index (Phi) is 4.41. The number of likely N-dealkylation sites (tertiary alicyclic amines) is 1. The molecule has 6 heteroatoms. The van der Waals surface area contributed by atoms with E-state index in [1.54, 1.807) is 12.1 Å². The minimum Gasteiger partial charge on any atom is -0.337 e. The minimum absolute atomic E-state index is 0.0601. The second kappa shape index (κ2) is 6.48. The number of hydrogen-bond donors (Lipinski definition) is 0. The van der Waals surface area contributed by atoms with Gasteiger partial charge in [0, 0.05) is 18.0 Å². The van der Waals surface area contributed by atoms with Crippen molar-refractivity contribution in [3.05, 3.63) is 36.0 Å². The topological polar surface area (TPSA) is 59.2 Å². The third kappa shape index (κ3) is 3.25. The van der Waals surface area contributed by atoms with E-state index in [0.29, 0.717) is 17.3 Å². The van der Waals surface area contributed by atoms with Crippen LogP contribution in [0.5, 0.6) is 0 Å². The van der Waals surface area contributed by atoms with Gasteiger partial charge in [-0.1, -0.05) is 19.0 Å². The van der Waals surface area contributed by atoms with Gasteiger partial charge in [-0.2, -0.15) is 4.98 Å². The van der Waals surface area contributed by atoms with E-state index < -0.39 is 0 Å². The molecule has 1 fully saturated rings.